The zero-order valence-corrected chi connectivity index (χ0v) is 11.8. The summed E-state index contributed by atoms with van der Waals surface area (Å²) in [5.41, 5.74) is 8.54. The second kappa shape index (κ2) is 4.22. The first-order valence-corrected chi connectivity index (χ1v) is 7.03. The van der Waals surface area contributed by atoms with Gasteiger partial charge < -0.3 is 0 Å². The summed E-state index contributed by atoms with van der Waals surface area (Å²) in [6.07, 6.45) is 0.945. The first kappa shape index (κ1) is 11.7. The topological polar surface area (TPSA) is 28.7 Å². The Morgan fingerprint density at radius 3 is 2.70 bits per heavy atom. The Labute approximate surface area is 122 Å². The van der Waals surface area contributed by atoms with Gasteiger partial charge in [0, 0.05) is 28.1 Å². The van der Waals surface area contributed by atoms with Gasteiger partial charge in [-0.2, -0.15) is 5.10 Å². The van der Waals surface area contributed by atoms with Crippen LogP contribution >= 0.6 is 11.6 Å². The van der Waals surface area contributed by atoms with Crippen molar-refractivity contribution in [3.63, 3.8) is 0 Å². The Bertz CT molecular complexity index is 800. The summed E-state index contributed by atoms with van der Waals surface area (Å²) >= 11 is 5.95. The van der Waals surface area contributed by atoms with Crippen LogP contribution in [0, 0.1) is 6.92 Å². The molecule has 0 bridgehead atoms. The van der Waals surface area contributed by atoms with Crippen molar-refractivity contribution >= 4 is 11.6 Å². The molecule has 0 fully saturated rings. The number of halogens is 1. The van der Waals surface area contributed by atoms with E-state index in [0.29, 0.717) is 0 Å². The predicted octanol–water partition coefficient (Wildman–Crippen LogP) is 4.61. The molecule has 1 N–H and O–H groups in total. The third-order valence-corrected chi connectivity index (χ3v) is 4.13. The van der Waals surface area contributed by atoms with Crippen molar-refractivity contribution in [1.29, 1.82) is 0 Å². The monoisotopic (exact) mass is 280 g/mol. The van der Waals surface area contributed by atoms with E-state index in [1.165, 1.54) is 22.3 Å². The van der Waals surface area contributed by atoms with Crippen LogP contribution in [-0.4, -0.2) is 10.2 Å². The molecular formula is C17H13ClN2. The van der Waals surface area contributed by atoms with E-state index in [1.807, 2.05) is 24.3 Å². The number of fused-ring (bicyclic) bond motifs is 3. The normalized spacial score (nSPS) is 12.3. The van der Waals surface area contributed by atoms with Gasteiger partial charge in [0.25, 0.3) is 0 Å². The lowest BCUT2D eigenvalue weighted by atomic mass is 10.1. The first-order valence-electron chi connectivity index (χ1n) is 6.65. The molecule has 2 nitrogen and oxygen atoms in total. The Morgan fingerprint density at radius 2 is 1.90 bits per heavy atom. The van der Waals surface area contributed by atoms with E-state index in [1.54, 1.807) is 0 Å². The molecule has 0 spiro atoms. The number of hydrogen-bond acceptors (Lipinski definition) is 1. The SMILES string of the molecule is Cc1ccc2c(c1)Cc1c(-c3ccc(Cl)cc3)n[nH]c1-2. The maximum Gasteiger partial charge on any atom is 0.0962 e. The molecule has 0 aliphatic heterocycles. The Morgan fingerprint density at radius 1 is 1.10 bits per heavy atom. The van der Waals surface area contributed by atoms with Crippen LogP contribution in [-0.2, 0) is 6.42 Å². The van der Waals surface area contributed by atoms with Gasteiger partial charge in [0.05, 0.1) is 11.4 Å². The highest BCUT2D eigenvalue weighted by molar-refractivity contribution is 6.30. The lowest BCUT2D eigenvalue weighted by Crippen LogP contribution is -1.87. The molecular weight excluding hydrogens is 268 g/mol. The van der Waals surface area contributed by atoms with Crippen molar-refractivity contribution in [2.24, 2.45) is 0 Å². The second-order valence-electron chi connectivity index (χ2n) is 5.27. The summed E-state index contributed by atoms with van der Waals surface area (Å²) in [5.74, 6) is 0. The largest absolute Gasteiger partial charge is 0.277 e. The molecule has 20 heavy (non-hydrogen) atoms. The summed E-state index contributed by atoms with van der Waals surface area (Å²) in [7, 11) is 0. The molecule has 1 aromatic heterocycles. The third-order valence-electron chi connectivity index (χ3n) is 3.88. The van der Waals surface area contributed by atoms with Crippen LogP contribution in [0.3, 0.4) is 0 Å². The molecule has 0 saturated heterocycles. The van der Waals surface area contributed by atoms with E-state index in [-0.39, 0.29) is 0 Å². The van der Waals surface area contributed by atoms with Gasteiger partial charge in [0.15, 0.2) is 0 Å². The van der Waals surface area contributed by atoms with Crippen LogP contribution < -0.4 is 0 Å². The lowest BCUT2D eigenvalue weighted by Gasteiger charge is -2.01. The van der Waals surface area contributed by atoms with Crippen molar-refractivity contribution in [3.8, 4) is 22.5 Å². The minimum absolute atomic E-state index is 0.750. The van der Waals surface area contributed by atoms with Gasteiger partial charge in [-0.1, -0.05) is 47.5 Å². The molecule has 0 unspecified atom stereocenters. The van der Waals surface area contributed by atoms with E-state index in [4.69, 9.17) is 11.6 Å². The highest BCUT2D eigenvalue weighted by Gasteiger charge is 2.24. The number of aromatic amines is 1. The minimum atomic E-state index is 0.750. The molecule has 0 radical (unpaired) electrons. The highest BCUT2D eigenvalue weighted by atomic mass is 35.5. The number of nitrogens with one attached hydrogen (secondary N) is 1. The smallest absolute Gasteiger partial charge is 0.0962 e. The summed E-state index contributed by atoms with van der Waals surface area (Å²) < 4.78 is 0. The Kier molecular flexibility index (Phi) is 2.48. The summed E-state index contributed by atoms with van der Waals surface area (Å²) in [4.78, 5) is 0. The zero-order chi connectivity index (χ0) is 13.7. The van der Waals surface area contributed by atoms with Gasteiger partial charge in [0.1, 0.15) is 0 Å². The van der Waals surface area contributed by atoms with Gasteiger partial charge in [-0.05, 0) is 24.6 Å². The maximum atomic E-state index is 5.95. The number of aryl methyl sites for hydroxylation is 1. The zero-order valence-electron chi connectivity index (χ0n) is 11.1. The van der Waals surface area contributed by atoms with Crippen LogP contribution in [0.25, 0.3) is 22.5 Å². The molecule has 0 amide bonds. The number of rotatable bonds is 1. The molecule has 1 aliphatic carbocycles. The molecule has 0 atom stereocenters. The molecule has 1 aliphatic rings. The molecule has 1 heterocycles. The number of hydrogen-bond donors (Lipinski definition) is 1. The average Bonchev–Trinajstić information content (AvgIpc) is 2.98. The van der Waals surface area contributed by atoms with Crippen molar-refractivity contribution < 1.29 is 0 Å². The van der Waals surface area contributed by atoms with Crippen LogP contribution in [0.15, 0.2) is 42.5 Å². The fraction of sp³-hybridized carbons (Fsp3) is 0.118. The predicted molar refractivity (Wildman–Crippen MR) is 82.0 cm³/mol. The average molecular weight is 281 g/mol. The van der Waals surface area contributed by atoms with Crippen molar-refractivity contribution in [2.75, 3.05) is 0 Å². The van der Waals surface area contributed by atoms with Crippen molar-refractivity contribution in [3.05, 3.63) is 64.2 Å². The summed E-state index contributed by atoms with van der Waals surface area (Å²) in [5, 5.41) is 8.43. The van der Waals surface area contributed by atoms with Gasteiger partial charge >= 0.3 is 0 Å². The standard InChI is InChI=1S/C17H13ClN2/c1-10-2-7-14-12(8-10)9-15-16(19-20-17(14)15)11-3-5-13(18)6-4-11/h2-8H,9H2,1H3,(H,19,20). The minimum Gasteiger partial charge on any atom is -0.277 e. The number of aromatic nitrogens is 2. The lowest BCUT2D eigenvalue weighted by molar-refractivity contribution is 1.09. The van der Waals surface area contributed by atoms with Gasteiger partial charge in [0.2, 0.25) is 0 Å². The molecule has 4 rings (SSSR count). The molecule has 2 aromatic carbocycles. The van der Waals surface area contributed by atoms with Gasteiger partial charge in [-0.15, -0.1) is 0 Å². The van der Waals surface area contributed by atoms with E-state index in [2.05, 4.69) is 35.3 Å². The van der Waals surface area contributed by atoms with Gasteiger partial charge in [-0.25, -0.2) is 0 Å². The fourth-order valence-corrected chi connectivity index (χ4v) is 3.04. The van der Waals surface area contributed by atoms with Crippen LogP contribution in [0.2, 0.25) is 5.02 Å². The highest BCUT2D eigenvalue weighted by Crippen LogP contribution is 2.40. The quantitative estimate of drug-likeness (QED) is 0.542. The van der Waals surface area contributed by atoms with Crippen molar-refractivity contribution in [1.82, 2.24) is 10.2 Å². The van der Waals surface area contributed by atoms with Crippen LogP contribution in [0.5, 0.6) is 0 Å². The molecule has 0 saturated carbocycles. The van der Waals surface area contributed by atoms with Crippen LogP contribution in [0.4, 0.5) is 0 Å². The Hall–Kier alpha value is -2.06. The van der Waals surface area contributed by atoms with Gasteiger partial charge in [-0.3, -0.25) is 5.10 Å². The summed E-state index contributed by atoms with van der Waals surface area (Å²) in [6, 6.07) is 14.4. The van der Waals surface area contributed by atoms with E-state index in [0.717, 1.165) is 28.4 Å². The molecule has 98 valence electrons. The molecule has 3 heteroatoms. The number of nitrogens with zero attached hydrogens (tertiary/aromatic N) is 1. The maximum absolute atomic E-state index is 5.95. The van der Waals surface area contributed by atoms with Crippen LogP contribution in [0.1, 0.15) is 16.7 Å². The number of H-pyrrole nitrogens is 1. The van der Waals surface area contributed by atoms with E-state index in [9.17, 15) is 0 Å². The summed E-state index contributed by atoms with van der Waals surface area (Å²) in [6.45, 7) is 2.13. The fourth-order valence-electron chi connectivity index (χ4n) is 2.91. The first-order chi connectivity index (χ1) is 9.72. The van der Waals surface area contributed by atoms with E-state index < -0.39 is 0 Å². The Balaban J connectivity index is 1.85. The van der Waals surface area contributed by atoms with E-state index >= 15 is 0 Å². The van der Waals surface area contributed by atoms with Crippen molar-refractivity contribution in [2.45, 2.75) is 13.3 Å². The second-order valence-corrected chi connectivity index (χ2v) is 5.71. The number of benzene rings is 2. The molecule has 3 aromatic rings. The third kappa shape index (κ3) is 1.69.